The van der Waals surface area contributed by atoms with E-state index in [1.807, 2.05) is 24.4 Å². The zero-order chi connectivity index (χ0) is 11.8. The number of aromatic nitrogens is 3. The molecule has 3 rings (SSSR count). The van der Waals surface area contributed by atoms with Gasteiger partial charge < -0.3 is 0 Å². The van der Waals surface area contributed by atoms with Crippen LogP contribution in [0.25, 0.3) is 22.3 Å². The van der Waals surface area contributed by atoms with Gasteiger partial charge in [0.05, 0.1) is 0 Å². The average molecular weight is 283 g/mol. The maximum atomic E-state index is 4.39. The van der Waals surface area contributed by atoms with E-state index in [0.29, 0.717) is 0 Å². The number of fused-ring (bicyclic) bond motifs is 1. The number of H-pyrrole nitrogens is 1. The number of rotatable bonds is 1. The van der Waals surface area contributed by atoms with Crippen LogP contribution in [0.2, 0.25) is 0 Å². The Morgan fingerprint density at radius 1 is 1.18 bits per heavy atom. The molecule has 0 fully saturated rings. The molecular formula is C13H10AsN3. The molecular weight excluding hydrogens is 273 g/mol. The van der Waals surface area contributed by atoms with Gasteiger partial charge in [0.1, 0.15) is 0 Å². The topological polar surface area (TPSA) is 41.6 Å². The molecule has 4 heteroatoms. The van der Waals surface area contributed by atoms with Crippen molar-refractivity contribution < 1.29 is 0 Å². The number of nitrogens with zero attached hydrogens (tertiary/aromatic N) is 2. The summed E-state index contributed by atoms with van der Waals surface area (Å²) in [4.78, 5) is 11.9. The number of hydrogen-bond acceptors (Lipinski definition) is 2. The summed E-state index contributed by atoms with van der Waals surface area (Å²) in [5.41, 5.74) is 5.31. The fourth-order valence-corrected chi connectivity index (χ4v) is 2.41. The number of aryl methyl sites for hydroxylation is 1. The third-order valence-corrected chi connectivity index (χ3v) is 3.30. The quantitative estimate of drug-likeness (QED) is 0.691. The van der Waals surface area contributed by atoms with Crippen molar-refractivity contribution in [2.24, 2.45) is 0 Å². The first kappa shape index (κ1) is 10.5. The van der Waals surface area contributed by atoms with Gasteiger partial charge in [-0.1, -0.05) is 0 Å². The fraction of sp³-hybridized carbons (Fsp3) is 0.0769. The van der Waals surface area contributed by atoms with Crippen LogP contribution in [-0.4, -0.2) is 31.8 Å². The monoisotopic (exact) mass is 283 g/mol. The molecule has 0 amide bonds. The standard InChI is InChI=1S/C13H10AsN3/c1-8-10(9-5-3-2-4-6-9)7-15-12-11(8)16-13(14)17-12/h2-7H,1H3,(H,15,16,17). The van der Waals surface area contributed by atoms with Gasteiger partial charge in [0.15, 0.2) is 0 Å². The number of nitrogens with one attached hydrogen (secondary N) is 1. The van der Waals surface area contributed by atoms with Gasteiger partial charge in [-0.05, 0) is 0 Å². The van der Waals surface area contributed by atoms with Crippen LogP contribution >= 0.6 is 0 Å². The van der Waals surface area contributed by atoms with Crippen LogP contribution in [0.4, 0.5) is 0 Å². The average Bonchev–Trinajstić information content (AvgIpc) is 2.72. The Labute approximate surface area is 108 Å². The van der Waals surface area contributed by atoms with E-state index in [2.05, 4.69) is 50.9 Å². The van der Waals surface area contributed by atoms with E-state index in [4.69, 9.17) is 0 Å². The number of benzene rings is 1. The van der Waals surface area contributed by atoms with Crippen molar-refractivity contribution in [3.05, 3.63) is 42.1 Å². The molecule has 0 saturated heterocycles. The second-order valence-corrected chi connectivity index (χ2v) is 4.81. The van der Waals surface area contributed by atoms with Crippen molar-refractivity contribution in [1.29, 1.82) is 0 Å². The molecule has 0 aliphatic carbocycles. The minimum absolute atomic E-state index is 0.776. The van der Waals surface area contributed by atoms with Gasteiger partial charge in [-0.25, -0.2) is 0 Å². The van der Waals surface area contributed by atoms with Crippen molar-refractivity contribution in [3.8, 4) is 11.1 Å². The van der Waals surface area contributed by atoms with Crippen LogP contribution in [0.1, 0.15) is 5.56 Å². The number of imidazole rings is 1. The zero-order valence-electron chi connectivity index (χ0n) is 9.31. The minimum atomic E-state index is 0.776. The molecule has 2 heterocycles. The second kappa shape index (κ2) is 4.01. The first-order valence-corrected chi connectivity index (χ1v) is 6.29. The summed E-state index contributed by atoms with van der Waals surface area (Å²) in [6.45, 7) is 2.09. The summed E-state index contributed by atoms with van der Waals surface area (Å²) in [5, 5.41) is 0. The molecule has 0 spiro atoms. The van der Waals surface area contributed by atoms with Crippen LogP contribution in [-0.2, 0) is 0 Å². The second-order valence-electron chi connectivity index (χ2n) is 3.92. The Morgan fingerprint density at radius 2 is 1.94 bits per heavy atom. The summed E-state index contributed by atoms with van der Waals surface area (Å²) in [7, 11) is 0. The van der Waals surface area contributed by atoms with Gasteiger partial charge in [-0.2, -0.15) is 0 Å². The first-order chi connectivity index (χ1) is 8.25. The van der Waals surface area contributed by atoms with Gasteiger partial charge in [-0.3, -0.25) is 0 Å². The number of hydrogen-bond donors (Lipinski definition) is 1. The van der Waals surface area contributed by atoms with Gasteiger partial charge in [0, 0.05) is 0 Å². The molecule has 0 unspecified atom stereocenters. The van der Waals surface area contributed by atoms with E-state index in [-0.39, 0.29) is 0 Å². The molecule has 82 valence electrons. The Kier molecular flexibility index (Phi) is 2.49. The van der Waals surface area contributed by atoms with Crippen LogP contribution in [0.3, 0.4) is 0 Å². The number of pyridine rings is 1. The van der Waals surface area contributed by atoms with Gasteiger partial charge >= 0.3 is 108 Å². The van der Waals surface area contributed by atoms with Gasteiger partial charge in [-0.15, -0.1) is 0 Å². The van der Waals surface area contributed by atoms with Crippen molar-refractivity contribution in [3.63, 3.8) is 0 Å². The first-order valence-electron chi connectivity index (χ1n) is 5.35. The van der Waals surface area contributed by atoms with Crippen LogP contribution in [0.15, 0.2) is 36.5 Å². The van der Waals surface area contributed by atoms with Crippen molar-refractivity contribution in [2.45, 2.75) is 6.92 Å². The molecule has 1 aromatic carbocycles. The molecule has 3 aromatic rings. The third-order valence-electron chi connectivity index (χ3n) is 2.85. The van der Waals surface area contributed by atoms with E-state index in [1.54, 1.807) is 0 Å². The Hall–Kier alpha value is -1.60. The molecule has 17 heavy (non-hydrogen) atoms. The summed E-state index contributed by atoms with van der Waals surface area (Å²) in [6, 6.07) is 10.3. The molecule has 3 nitrogen and oxygen atoms in total. The van der Waals surface area contributed by atoms with Crippen LogP contribution < -0.4 is 4.61 Å². The van der Waals surface area contributed by atoms with E-state index in [0.717, 1.165) is 21.3 Å². The van der Waals surface area contributed by atoms with E-state index in [1.165, 1.54) is 11.1 Å². The van der Waals surface area contributed by atoms with E-state index in [9.17, 15) is 0 Å². The molecule has 1 N–H and O–H groups in total. The van der Waals surface area contributed by atoms with Crippen LogP contribution in [0.5, 0.6) is 0 Å². The van der Waals surface area contributed by atoms with Gasteiger partial charge in [0.2, 0.25) is 0 Å². The molecule has 2 radical (unpaired) electrons. The van der Waals surface area contributed by atoms with Gasteiger partial charge in [0.25, 0.3) is 0 Å². The third kappa shape index (κ3) is 1.77. The Morgan fingerprint density at radius 3 is 2.71 bits per heavy atom. The molecule has 0 aliphatic heterocycles. The van der Waals surface area contributed by atoms with Crippen molar-refractivity contribution >= 4 is 32.6 Å². The summed E-state index contributed by atoms with van der Waals surface area (Å²) >= 11 is 2.41. The Bertz CT molecular complexity index is 674. The molecule has 0 bridgehead atoms. The predicted molar refractivity (Wildman–Crippen MR) is 69.4 cm³/mol. The number of aromatic amines is 1. The molecule has 0 saturated carbocycles. The summed E-state index contributed by atoms with van der Waals surface area (Å²) < 4.78 is 0.841. The summed E-state index contributed by atoms with van der Waals surface area (Å²) in [5.74, 6) is 0. The SMILES string of the molecule is Cc1c(-c2ccccc2)cnc2nc([As])[nH]c12. The van der Waals surface area contributed by atoms with E-state index >= 15 is 0 Å². The van der Waals surface area contributed by atoms with Crippen molar-refractivity contribution in [1.82, 2.24) is 15.0 Å². The zero-order valence-corrected chi connectivity index (χ0v) is 11.2. The Balaban J connectivity index is 2.28. The molecule has 0 aliphatic rings. The fourth-order valence-electron chi connectivity index (χ4n) is 1.97. The maximum absolute atomic E-state index is 4.39. The van der Waals surface area contributed by atoms with Crippen LogP contribution in [0, 0.1) is 6.92 Å². The van der Waals surface area contributed by atoms with E-state index < -0.39 is 0 Å². The van der Waals surface area contributed by atoms with Crippen molar-refractivity contribution in [2.75, 3.05) is 0 Å². The summed E-state index contributed by atoms with van der Waals surface area (Å²) in [6.07, 6.45) is 1.89. The predicted octanol–water partition coefficient (Wildman–Crippen LogP) is 1.73. The normalized spacial score (nSPS) is 10.9. The molecule has 2 aromatic heterocycles. The molecule has 0 atom stereocenters.